The summed E-state index contributed by atoms with van der Waals surface area (Å²) in [5.41, 5.74) is 9.31. The number of benzene rings is 6. The Labute approximate surface area is 599 Å². The Hall–Kier alpha value is -11.0. The number of nitrogens with one attached hydrogen (secondary N) is 3. The summed E-state index contributed by atoms with van der Waals surface area (Å²) in [4.78, 5) is 122. The largest absolute Gasteiger partial charge is 0.489 e. The average molecular weight is 1390 g/mol. The zero-order valence-electron chi connectivity index (χ0n) is 62.2. The van der Waals surface area contributed by atoms with E-state index in [-0.39, 0.29) is 147 Å². The van der Waals surface area contributed by atoms with E-state index in [9.17, 15) is 43.2 Å². The van der Waals surface area contributed by atoms with Crippen molar-refractivity contribution >= 4 is 53.2 Å². The molecule has 15 rings (SSSR count). The first-order valence-corrected chi connectivity index (χ1v) is 33.9. The van der Waals surface area contributed by atoms with Gasteiger partial charge in [0, 0.05) is 89.7 Å². The number of hydrogen-bond donors (Lipinski definition) is 3. The molecule has 4 atom stereocenters. The smallest absolute Gasteiger partial charge is 0.255 e. The van der Waals surface area contributed by atoms with E-state index < -0.39 is 42.4 Å². The minimum Gasteiger partial charge on any atom is -0.489 e. The van der Waals surface area contributed by atoms with Crippen LogP contribution in [-0.4, -0.2) is 160 Å². The van der Waals surface area contributed by atoms with Gasteiger partial charge in [0.15, 0.2) is 0 Å². The van der Waals surface area contributed by atoms with Gasteiger partial charge in [-0.3, -0.25) is 43.2 Å². The molecule has 4 unspecified atom stereocenters. The molecule has 0 saturated carbocycles. The van der Waals surface area contributed by atoms with Crippen LogP contribution < -0.4 is 30.2 Å². The molecule has 0 spiro atoms. The van der Waals surface area contributed by atoms with Crippen LogP contribution in [0, 0.1) is 0 Å². The molecular formula is C78H81N9O15. The zero-order chi connectivity index (χ0) is 76.2. The lowest BCUT2D eigenvalue weighted by Crippen LogP contribution is -2.49. The van der Waals surface area contributed by atoms with Crippen LogP contribution in [0.15, 0.2) is 164 Å². The number of morpholine rings is 3. The standard InChI is InChI=1S/3C26H27N3O5/c3*1-17-5-10-22(25(31)27-17)29-14-21-20(26(29)32)3-2-4-23(21)34-15-19-8-6-18(7-9-19)13-28-11-12-33-16-24(28)30/h3*2-4,6-9,22H,1,5,10-16H2,(H,27,31)/i4D,14D;3D,4D;2D,3D. The molecular weight excluding hydrogens is 1300 g/mol. The SMILES string of the molecule is [2H]c1cc(OCc2ccc(CN3CCOCC3=O)cc2)c2c(c1[2H])C(=O)N(C1CCC(=C)NC1=O)C2.[2H]c1cc([2H])c2c(c1OCc1ccc(CN3CCOCC3=O)cc1)CN(C1CCC(=C)NC1=O)C2=O.[2H]c1ccc2c(c1OCc1ccc(CN3CCOCC3=O)cc1)C([2H])N(C1CCC(=C)NC1=O)C2=O. The highest BCUT2D eigenvalue weighted by Crippen LogP contribution is 2.38. The molecule has 6 saturated heterocycles. The number of carbonyl (C=O) groups is 9. The summed E-state index contributed by atoms with van der Waals surface area (Å²) in [6.07, 6.45) is 3.01. The van der Waals surface area contributed by atoms with Crippen LogP contribution in [0.4, 0.5) is 0 Å². The van der Waals surface area contributed by atoms with Crippen LogP contribution in [-0.2, 0) is 102 Å². The average Bonchev–Trinajstić information content (AvgIpc) is 1.64. The van der Waals surface area contributed by atoms with Gasteiger partial charge in [0.2, 0.25) is 35.4 Å². The molecule has 24 heteroatoms. The molecule has 0 aliphatic carbocycles. The molecule has 9 aliphatic heterocycles. The van der Waals surface area contributed by atoms with Crippen LogP contribution in [0.25, 0.3) is 0 Å². The van der Waals surface area contributed by atoms with Crippen molar-refractivity contribution in [2.75, 3.05) is 59.3 Å². The summed E-state index contributed by atoms with van der Waals surface area (Å²) in [5.74, 6) is -1.44. The molecule has 6 aromatic rings. The van der Waals surface area contributed by atoms with Crippen LogP contribution >= 0.6 is 0 Å². The summed E-state index contributed by atoms with van der Waals surface area (Å²) >= 11 is 0. The van der Waals surface area contributed by atoms with E-state index in [1.54, 1.807) is 14.7 Å². The summed E-state index contributed by atoms with van der Waals surface area (Å²) < 4.78 is 83.8. The zero-order valence-corrected chi connectivity index (χ0v) is 56.2. The number of fused-ring (bicyclic) bond motifs is 3. The van der Waals surface area contributed by atoms with E-state index in [4.69, 9.17) is 36.6 Å². The summed E-state index contributed by atoms with van der Waals surface area (Å²) in [6.45, 7) is 16.2. The molecule has 528 valence electrons. The van der Waals surface area contributed by atoms with Crippen LogP contribution in [0.3, 0.4) is 0 Å². The minimum atomic E-state index is -1.15. The Bertz CT molecular complexity index is 4610. The monoisotopic (exact) mass is 1390 g/mol. The van der Waals surface area contributed by atoms with Gasteiger partial charge < -0.3 is 73.8 Å². The van der Waals surface area contributed by atoms with Crippen molar-refractivity contribution in [3.8, 4) is 17.2 Å². The van der Waals surface area contributed by atoms with Crippen molar-refractivity contribution in [2.24, 2.45) is 0 Å². The van der Waals surface area contributed by atoms with Gasteiger partial charge in [-0.2, -0.15) is 0 Å². The summed E-state index contributed by atoms with van der Waals surface area (Å²) in [6, 6.07) is 26.5. The number of rotatable bonds is 18. The maximum atomic E-state index is 13.2. The van der Waals surface area contributed by atoms with Crippen molar-refractivity contribution in [2.45, 2.75) is 116 Å². The van der Waals surface area contributed by atoms with Gasteiger partial charge in [0.05, 0.1) is 47.7 Å². The number of carbonyl (C=O) groups excluding carboxylic acids is 9. The first-order valence-electron chi connectivity index (χ1n) is 36.9. The summed E-state index contributed by atoms with van der Waals surface area (Å²) in [7, 11) is 0. The fourth-order valence-electron chi connectivity index (χ4n) is 13.3. The number of ether oxygens (including phenoxy) is 6. The van der Waals surface area contributed by atoms with Gasteiger partial charge in [-0.1, -0.05) is 111 Å². The molecule has 24 nitrogen and oxygen atoms in total. The number of amides is 9. The van der Waals surface area contributed by atoms with Crippen molar-refractivity contribution in [1.82, 2.24) is 45.3 Å². The van der Waals surface area contributed by atoms with Crippen molar-refractivity contribution in [3.63, 3.8) is 0 Å². The predicted octanol–water partition coefficient (Wildman–Crippen LogP) is 7.12. The summed E-state index contributed by atoms with van der Waals surface area (Å²) in [5, 5.41) is 8.08. The normalized spacial score (nSPS) is 22.0. The second-order valence-corrected chi connectivity index (χ2v) is 25.9. The third-order valence-electron chi connectivity index (χ3n) is 19.0. The predicted molar refractivity (Wildman–Crippen MR) is 371 cm³/mol. The molecule has 0 radical (unpaired) electrons. The van der Waals surface area contributed by atoms with E-state index in [1.165, 1.54) is 39.0 Å². The van der Waals surface area contributed by atoms with Crippen LogP contribution in [0.1, 0.15) is 128 Å². The lowest BCUT2D eigenvalue weighted by molar-refractivity contribution is -0.144. The molecule has 0 aromatic heterocycles. The highest BCUT2D eigenvalue weighted by molar-refractivity contribution is 6.04. The number of hydrogen-bond acceptors (Lipinski definition) is 15. The number of allylic oxidation sites excluding steroid dienone is 3. The van der Waals surface area contributed by atoms with Gasteiger partial charge in [0.25, 0.3) is 17.7 Å². The molecule has 0 bridgehead atoms. The maximum Gasteiger partial charge on any atom is 0.255 e. The van der Waals surface area contributed by atoms with Crippen molar-refractivity contribution < 1.29 is 79.8 Å². The highest BCUT2D eigenvalue weighted by atomic mass is 16.5. The number of nitrogens with zero attached hydrogens (tertiary/aromatic N) is 6. The van der Waals surface area contributed by atoms with Crippen molar-refractivity contribution in [3.05, 3.63) is 231 Å². The Morgan fingerprint density at radius 1 is 0.422 bits per heavy atom. The first kappa shape index (κ1) is 62.1. The second kappa shape index (κ2) is 31.3. The van der Waals surface area contributed by atoms with Crippen LogP contribution in [0.2, 0.25) is 0 Å². The third kappa shape index (κ3) is 15.9. The molecule has 6 aromatic carbocycles. The van der Waals surface area contributed by atoms with Crippen molar-refractivity contribution in [1.29, 1.82) is 0 Å². The second-order valence-electron chi connectivity index (χ2n) is 25.9. The molecule has 6 fully saturated rings. The van der Waals surface area contributed by atoms with Gasteiger partial charge in [-0.25, -0.2) is 0 Å². The molecule has 3 N–H and O–H groups in total. The van der Waals surface area contributed by atoms with Gasteiger partial charge >= 0.3 is 0 Å². The Kier molecular flexibility index (Phi) is 19.1. The Morgan fingerprint density at radius 3 is 1.21 bits per heavy atom. The molecule has 9 heterocycles. The lowest BCUT2D eigenvalue weighted by Gasteiger charge is -2.31. The Morgan fingerprint density at radius 2 is 0.784 bits per heavy atom. The van der Waals surface area contributed by atoms with E-state index in [1.807, 2.05) is 72.8 Å². The molecule has 9 aliphatic rings. The van der Waals surface area contributed by atoms with E-state index in [2.05, 4.69) is 35.7 Å². The minimum absolute atomic E-state index is 0.0224. The topological polar surface area (TPSA) is 265 Å². The van der Waals surface area contributed by atoms with Crippen LogP contribution in [0.5, 0.6) is 17.2 Å². The van der Waals surface area contributed by atoms with E-state index in [0.717, 1.165) is 33.4 Å². The quantitative estimate of drug-likeness (QED) is 0.0774. The van der Waals surface area contributed by atoms with Gasteiger partial charge in [-0.05, 0) is 108 Å². The van der Waals surface area contributed by atoms with E-state index in [0.29, 0.717) is 137 Å². The highest BCUT2D eigenvalue weighted by Gasteiger charge is 2.43. The first-order chi connectivity index (χ1) is 52.0. The third-order valence-corrected chi connectivity index (χ3v) is 19.0. The molecule has 102 heavy (non-hydrogen) atoms. The number of piperidine rings is 3. The Balaban J connectivity index is 0.000000143. The van der Waals surface area contributed by atoms with E-state index >= 15 is 0 Å². The van der Waals surface area contributed by atoms with Gasteiger partial charge in [0.1, 0.15) is 75.0 Å². The maximum absolute atomic E-state index is 13.2. The fraction of sp³-hybridized carbons (Fsp3) is 0.346. The fourth-order valence-corrected chi connectivity index (χ4v) is 13.3. The lowest BCUT2D eigenvalue weighted by atomic mass is 10.0. The van der Waals surface area contributed by atoms with Gasteiger partial charge in [-0.15, -0.1) is 0 Å². The molecule has 9 amide bonds.